The van der Waals surface area contributed by atoms with E-state index in [1.807, 2.05) is 30.3 Å². The van der Waals surface area contributed by atoms with E-state index in [4.69, 9.17) is 0 Å². The molecule has 0 saturated heterocycles. The van der Waals surface area contributed by atoms with Gasteiger partial charge in [0.15, 0.2) is 0 Å². The molecule has 0 bridgehead atoms. The van der Waals surface area contributed by atoms with Crippen LogP contribution in [0.3, 0.4) is 0 Å². The van der Waals surface area contributed by atoms with Crippen molar-refractivity contribution in [3.05, 3.63) is 65.7 Å². The van der Waals surface area contributed by atoms with E-state index in [2.05, 4.69) is 10.0 Å². The third-order valence-electron chi connectivity index (χ3n) is 3.87. The minimum absolute atomic E-state index is 0.0657. The van der Waals surface area contributed by atoms with Gasteiger partial charge in [-0.3, -0.25) is 4.79 Å². The third kappa shape index (κ3) is 4.43. The van der Waals surface area contributed by atoms with Crippen LogP contribution in [0.1, 0.15) is 28.8 Å². The predicted molar refractivity (Wildman–Crippen MR) is 92.3 cm³/mol. The zero-order valence-corrected chi connectivity index (χ0v) is 14.1. The average molecular weight is 344 g/mol. The smallest absolute Gasteiger partial charge is 0.251 e. The van der Waals surface area contributed by atoms with Crippen molar-refractivity contribution >= 4 is 15.9 Å². The summed E-state index contributed by atoms with van der Waals surface area (Å²) in [6, 6.07) is 16.0. The molecule has 0 heterocycles. The first-order chi connectivity index (χ1) is 11.5. The first kappa shape index (κ1) is 16.7. The van der Waals surface area contributed by atoms with Gasteiger partial charge in [-0.25, -0.2) is 13.1 Å². The molecule has 5 nitrogen and oxygen atoms in total. The third-order valence-corrected chi connectivity index (χ3v) is 5.40. The number of sulfonamides is 1. The monoisotopic (exact) mass is 344 g/mol. The molecule has 6 heteroatoms. The summed E-state index contributed by atoms with van der Waals surface area (Å²) < 4.78 is 26.8. The molecule has 0 radical (unpaired) electrons. The van der Waals surface area contributed by atoms with Crippen LogP contribution in [0.2, 0.25) is 0 Å². The molecule has 3 rings (SSSR count). The van der Waals surface area contributed by atoms with Crippen molar-refractivity contribution in [2.45, 2.75) is 30.2 Å². The van der Waals surface area contributed by atoms with Gasteiger partial charge in [0.2, 0.25) is 10.0 Å². The van der Waals surface area contributed by atoms with Crippen LogP contribution in [-0.2, 0) is 16.4 Å². The number of carbonyl (C=O) groups is 1. The number of amides is 1. The molecule has 0 aliphatic heterocycles. The van der Waals surface area contributed by atoms with Gasteiger partial charge < -0.3 is 5.32 Å². The van der Waals surface area contributed by atoms with Gasteiger partial charge in [0.05, 0.1) is 4.90 Å². The minimum Gasteiger partial charge on any atom is -0.352 e. The van der Waals surface area contributed by atoms with Crippen LogP contribution in [-0.4, -0.2) is 26.9 Å². The highest BCUT2D eigenvalue weighted by Crippen LogP contribution is 2.22. The second-order valence-electron chi connectivity index (χ2n) is 5.91. The second kappa shape index (κ2) is 7.15. The summed E-state index contributed by atoms with van der Waals surface area (Å²) in [4.78, 5) is 12.3. The SMILES string of the molecule is O=C(NCCc1ccccc1)c1ccc(S(=O)(=O)NC2CC2)cc1. The van der Waals surface area contributed by atoms with Gasteiger partial charge in [0.1, 0.15) is 0 Å². The Balaban J connectivity index is 1.55. The Bertz CT molecular complexity index is 798. The molecule has 0 unspecified atom stereocenters. The molecule has 0 spiro atoms. The van der Waals surface area contributed by atoms with E-state index in [0.29, 0.717) is 12.1 Å². The Morgan fingerprint density at radius 3 is 2.29 bits per heavy atom. The van der Waals surface area contributed by atoms with Crippen LogP contribution in [0.25, 0.3) is 0 Å². The molecule has 0 aromatic heterocycles. The van der Waals surface area contributed by atoms with E-state index >= 15 is 0 Å². The van der Waals surface area contributed by atoms with Gasteiger partial charge in [0, 0.05) is 18.2 Å². The van der Waals surface area contributed by atoms with Crippen LogP contribution in [0, 0.1) is 0 Å². The van der Waals surface area contributed by atoms with E-state index in [-0.39, 0.29) is 16.8 Å². The largest absolute Gasteiger partial charge is 0.352 e. The van der Waals surface area contributed by atoms with Gasteiger partial charge in [-0.05, 0) is 49.1 Å². The fraction of sp³-hybridized carbons (Fsp3) is 0.278. The Kier molecular flexibility index (Phi) is 4.97. The number of rotatable bonds is 7. The lowest BCUT2D eigenvalue weighted by Crippen LogP contribution is -2.27. The van der Waals surface area contributed by atoms with Crippen LogP contribution in [0.5, 0.6) is 0 Å². The fourth-order valence-electron chi connectivity index (χ4n) is 2.34. The average Bonchev–Trinajstić information content (AvgIpc) is 3.39. The minimum atomic E-state index is -3.47. The van der Waals surface area contributed by atoms with E-state index < -0.39 is 10.0 Å². The lowest BCUT2D eigenvalue weighted by molar-refractivity contribution is 0.0954. The number of nitrogens with one attached hydrogen (secondary N) is 2. The molecule has 1 aliphatic rings. The number of benzene rings is 2. The molecule has 1 saturated carbocycles. The molecule has 24 heavy (non-hydrogen) atoms. The van der Waals surface area contributed by atoms with Crippen LogP contribution in [0.4, 0.5) is 0 Å². The summed E-state index contributed by atoms with van der Waals surface area (Å²) in [5.74, 6) is -0.204. The van der Waals surface area contributed by atoms with Crippen molar-refractivity contribution in [1.29, 1.82) is 0 Å². The van der Waals surface area contributed by atoms with Crippen LogP contribution < -0.4 is 10.0 Å². The number of hydrogen-bond acceptors (Lipinski definition) is 3. The highest BCUT2D eigenvalue weighted by atomic mass is 32.2. The highest BCUT2D eigenvalue weighted by Gasteiger charge is 2.27. The maximum absolute atomic E-state index is 12.1. The summed E-state index contributed by atoms with van der Waals surface area (Å²) >= 11 is 0. The van der Waals surface area contributed by atoms with Crippen molar-refractivity contribution in [3.63, 3.8) is 0 Å². The predicted octanol–water partition coefficient (Wildman–Crippen LogP) is 2.10. The number of hydrogen-bond donors (Lipinski definition) is 2. The molecule has 1 amide bonds. The molecule has 1 fully saturated rings. The molecular formula is C18H20N2O3S. The first-order valence-electron chi connectivity index (χ1n) is 7.99. The summed E-state index contributed by atoms with van der Waals surface area (Å²) in [5.41, 5.74) is 1.61. The first-order valence-corrected chi connectivity index (χ1v) is 9.47. The van der Waals surface area contributed by atoms with Crippen molar-refractivity contribution < 1.29 is 13.2 Å². The molecule has 2 aromatic carbocycles. The molecule has 2 aromatic rings. The topological polar surface area (TPSA) is 75.3 Å². The zero-order chi connectivity index (χ0) is 17.0. The van der Waals surface area contributed by atoms with Crippen LogP contribution >= 0.6 is 0 Å². The molecular weight excluding hydrogens is 324 g/mol. The lowest BCUT2D eigenvalue weighted by atomic mass is 10.1. The number of carbonyl (C=O) groups excluding carboxylic acids is 1. The maximum Gasteiger partial charge on any atom is 0.251 e. The van der Waals surface area contributed by atoms with Gasteiger partial charge in [-0.2, -0.15) is 0 Å². The zero-order valence-electron chi connectivity index (χ0n) is 13.2. The van der Waals surface area contributed by atoms with Crippen molar-refractivity contribution in [3.8, 4) is 0 Å². The van der Waals surface area contributed by atoms with Gasteiger partial charge in [-0.1, -0.05) is 30.3 Å². The normalized spacial score (nSPS) is 14.3. The summed E-state index contributed by atoms with van der Waals surface area (Å²) in [5, 5.41) is 2.84. The summed E-state index contributed by atoms with van der Waals surface area (Å²) in [7, 11) is -3.47. The molecule has 1 aliphatic carbocycles. The maximum atomic E-state index is 12.1. The second-order valence-corrected chi connectivity index (χ2v) is 7.63. The van der Waals surface area contributed by atoms with E-state index in [1.54, 1.807) is 12.1 Å². The van der Waals surface area contributed by atoms with E-state index in [0.717, 1.165) is 24.8 Å². The summed E-state index contributed by atoms with van der Waals surface area (Å²) in [6.45, 7) is 0.534. The van der Waals surface area contributed by atoms with Crippen molar-refractivity contribution in [2.24, 2.45) is 0 Å². The van der Waals surface area contributed by atoms with Crippen molar-refractivity contribution in [2.75, 3.05) is 6.54 Å². The van der Waals surface area contributed by atoms with E-state index in [1.165, 1.54) is 12.1 Å². The van der Waals surface area contributed by atoms with Gasteiger partial charge in [-0.15, -0.1) is 0 Å². The highest BCUT2D eigenvalue weighted by molar-refractivity contribution is 7.89. The standard InChI is InChI=1S/C18H20N2O3S/c21-18(19-13-12-14-4-2-1-3-5-14)15-6-10-17(11-7-15)24(22,23)20-16-8-9-16/h1-7,10-11,16,20H,8-9,12-13H2,(H,19,21). The van der Waals surface area contributed by atoms with Gasteiger partial charge >= 0.3 is 0 Å². The van der Waals surface area contributed by atoms with E-state index in [9.17, 15) is 13.2 Å². The van der Waals surface area contributed by atoms with Gasteiger partial charge in [0.25, 0.3) is 5.91 Å². The fourth-order valence-corrected chi connectivity index (χ4v) is 3.65. The Hall–Kier alpha value is -2.18. The lowest BCUT2D eigenvalue weighted by Gasteiger charge is -2.08. The Morgan fingerprint density at radius 1 is 1.00 bits per heavy atom. The molecule has 126 valence electrons. The summed E-state index contributed by atoms with van der Waals surface area (Å²) in [6.07, 6.45) is 2.53. The molecule has 0 atom stereocenters. The quantitative estimate of drug-likeness (QED) is 0.808. The van der Waals surface area contributed by atoms with Crippen molar-refractivity contribution in [1.82, 2.24) is 10.0 Å². The Morgan fingerprint density at radius 2 is 1.67 bits per heavy atom. The molecule has 2 N–H and O–H groups in total. The Labute approximate surface area is 142 Å². The van der Waals surface area contributed by atoms with Crippen LogP contribution in [0.15, 0.2) is 59.5 Å².